The highest BCUT2D eigenvalue weighted by Gasteiger charge is 2.26. The minimum Gasteiger partial charge on any atom is -0.481 e. The molecule has 0 radical (unpaired) electrons. The van der Waals surface area contributed by atoms with Gasteiger partial charge in [0.15, 0.2) is 6.10 Å². The van der Waals surface area contributed by atoms with E-state index < -0.39 is 6.10 Å². The lowest BCUT2D eigenvalue weighted by molar-refractivity contribution is -0.139. The summed E-state index contributed by atoms with van der Waals surface area (Å²) in [5.74, 6) is 0.606. The van der Waals surface area contributed by atoms with E-state index in [1.165, 1.54) is 0 Å². The highest BCUT2D eigenvalue weighted by molar-refractivity contribution is 6.30. The standard InChI is InChI=1S/C17H24ClN3O3/c1-3-19-16(22)12-20-8-10-21(11-9-20)17(23)13(2)24-15-6-4-14(18)5-7-15/h4-7,13H,3,8-12H2,1-2H3,(H,19,22). The molecule has 132 valence electrons. The Kier molecular flexibility index (Phi) is 6.87. The summed E-state index contributed by atoms with van der Waals surface area (Å²) in [6, 6.07) is 6.95. The molecule has 1 fully saturated rings. The van der Waals surface area contributed by atoms with Crippen LogP contribution in [0, 0.1) is 0 Å². The molecule has 7 heteroatoms. The van der Waals surface area contributed by atoms with E-state index >= 15 is 0 Å². The van der Waals surface area contributed by atoms with Crippen LogP contribution in [0.15, 0.2) is 24.3 Å². The summed E-state index contributed by atoms with van der Waals surface area (Å²) in [5.41, 5.74) is 0. The lowest BCUT2D eigenvalue weighted by Gasteiger charge is -2.35. The van der Waals surface area contributed by atoms with Gasteiger partial charge in [0.05, 0.1) is 6.54 Å². The van der Waals surface area contributed by atoms with Crippen LogP contribution in [0.5, 0.6) is 5.75 Å². The molecule has 24 heavy (non-hydrogen) atoms. The summed E-state index contributed by atoms with van der Waals surface area (Å²) in [4.78, 5) is 27.9. The highest BCUT2D eigenvalue weighted by Crippen LogP contribution is 2.17. The zero-order valence-corrected chi connectivity index (χ0v) is 14.9. The zero-order valence-electron chi connectivity index (χ0n) is 14.1. The largest absolute Gasteiger partial charge is 0.481 e. The van der Waals surface area contributed by atoms with Gasteiger partial charge in [-0.15, -0.1) is 0 Å². The van der Waals surface area contributed by atoms with Gasteiger partial charge in [-0.3, -0.25) is 14.5 Å². The first-order chi connectivity index (χ1) is 11.5. The molecule has 1 aromatic rings. The van der Waals surface area contributed by atoms with E-state index in [1.54, 1.807) is 36.1 Å². The van der Waals surface area contributed by atoms with E-state index in [0.717, 1.165) is 0 Å². The fourth-order valence-corrected chi connectivity index (χ4v) is 2.73. The molecule has 0 spiro atoms. The summed E-state index contributed by atoms with van der Waals surface area (Å²) >= 11 is 5.84. The van der Waals surface area contributed by atoms with Crippen molar-refractivity contribution in [2.24, 2.45) is 0 Å². The third-order valence-corrected chi connectivity index (χ3v) is 4.15. The maximum Gasteiger partial charge on any atom is 0.263 e. The summed E-state index contributed by atoms with van der Waals surface area (Å²) in [6.07, 6.45) is -0.555. The number of hydrogen-bond donors (Lipinski definition) is 1. The summed E-state index contributed by atoms with van der Waals surface area (Å²) < 4.78 is 5.68. The lowest BCUT2D eigenvalue weighted by atomic mass is 10.2. The normalized spacial score (nSPS) is 16.5. The highest BCUT2D eigenvalue weighted by atomic mass is 35.5. The molecule has 1 atom stereocenters. The van der Waals surface area contributed by atoms with Crippen molar-refractivity contribution in [3.63, 3.8) is 0 Å². The van der Waals surface area contributed by atoms with Crippen LogP contribution in [0.3, 0.4) is 0 Å². The van der Waals surface area contributed by atoms with Gasteiger partial charge in [-0.1, -0.05) is 11.6 Å². The van der Waals surface area contributed by atoms with E-state index in [2.05, 4.69) is 10.2 Å². The average Bonchev–Trinajstić information content (AvgIpc) is 2.57. The number of hydrogen-bond acceptors (Lipinski definition) is 4. The van der Waals surface area contributed by atoms with Crippen molar-refractivity contribution in [3.05, 3.63) is 29.3 Å². The first kappa shape index (κ1) is 18.5. The number of carbonyl (C=O) groups excluding carboxylic acids is 2. The van der Waals surface area contributed by atoms with Crippen molar-refractivity contribution in [3.8, 4) is 5.75 Å². The predicted molar refractivity (Wildman–Crippen MR) is 93.2 cm³/mol. The molecule has 1 aromatic carbocycles. The predicted octanol–water partition coefficient (Wildman–Crippen LogP) is 1.39. The van der Waals surface area contributed by atoms with Gasteiger partial charge in [-0.2, -0.15) is 0 Å². The molecule has 1 aliphatic rings. The van der Waals surface area contributed by atoms with Crippen molar-refractivity contribution in [2.75, 3.05) is 39.3 Å². The second-order valence-electron chi connectivity index (χ2n) is 5.77. The minimum atomic E-state index is -0.555. The van der Waals surface area contributed by atoms with Gasteiger partial charge in [-0.25, -0.2) is 0 Å². The second kappa shape index (κ2) is 8.89. The van der Waals surface area contributed by atoms with E-state index in [1.807, 2.05) is 6.92 Å². The molecule has 0 aliphatic carbocycles. The van der Waals surface area contributed by atoms with Crippen molar-refractivity contribution in [1.82, 2.24) is 15.1 Å². The van der Waals surface area contributed by atoms with Crippen molar-refractivity contribution >= 4 is 23.4 Å². The number of carbonyl (C=O) groups is 2. The molecule has 1 saturated heterocycles. The Balaban J connectivity index is 1.79. The first-order valence-corrected chi connectivity index (χ1v) is 8.57. The van der Waals surface area contributed by atoms with Crippen LogP contribution < -0.4 is 10.1 Å². The summed E-state index contributed by atoms with van der Waals surface area (Å²) in [5, 5.41) is 3.41. The lowest BCUT2D eigenvalue weighted by Crippen LogP contribution is -2.53. The Morgan fingerprint density at radius 1 is 1.21 bits per heavy atom. The van der Waals surface area contributed by atoms with Gasteiger partial charge in [0.2, 0.25) is 5.91 Å². The molecule has 1 N–H and O–H groups in total. The Hall–Kier alpha value is -1.79. The van der Waals surface area contributed by atoms with Crippen molar-refractivity contribution < 1.29 is 14.3 Å². The summed E-state index contributed by atoms with van der Waals surface area (Å²) in [7, 11) is 0. The fourth-order valence-electron chi connectivity index (χ4n) is 2.61. The smallest absolute Gasteiger partial charge is 0.263 e. The molecule has 2 rings (SSSR count). The Morgan fingerprint density at radius 2 is 1.83 bits per heavy atom. The maximum absolute atomic E-state index is 12.5. The summed E-state index contributed by atoms with van der Waals surface area (Å²) in [6.45, 7) is 7.25. The molecular formula is C17H24ClN3O3. The van der Waals surface area contributed by atoms with Gasteiger partial charge in [-0.05, 0) is 38.1 Å². The van der Waals surface area contributed by atoms with Crippen LogP contribution in [0.1, 0.15) is 13.8 Å². The van der Waals surface area contributed by atoms with Crippen LogP contribution in [0.25, 0.3) is 0 Å². The van der Waals surface area contributed by atoms with Crippen LogP contribution in [0.2, 0.25) is 5.02 Å². The van der Waals surface area contributed by atoms with Gasteiger partial charge in [0.25, 0.3) is 5.91 Å². The zero-order chi connectivity index (χ0) is 17.5. The SMILES string of the molecule is CCNC(=O)CN1CCN(C(=O)C(C)Oc2ccc(Cl)cc2)CC1. The van der Waals surface area contributed by atoms with Gasteiger partial charge >= 0.3 is 0 Å². The van der Waals surface area contributed by atoms with Crippen LogP contribution >= 0.6 is 11.6 Å². The molecule has 6 nitrogen and oxygen atoms in total. The van der Waals surface area contributed by atoms with E-state index in [0.29, 0.717) is 50.0 Å². The number of halogens is 1. The van der Waals surface area contributed by atoms with Gasteiger partial charge < -0.3 is 15.0 Å². The van der Waals surface area contributed by atoms with Crippen molar-refractivity contribution in [1.29, 1.82) is 0 Å². The van der Waals surface area contributed by atoms with E-state index in [9.17, 15) is 9.59 Å². The van der Waals surface area contributed by atoms with Gasteiger partial charge in [0.1, 0.15) is 5.75 Å². The number of rotatable bonds is 6. The number of nitrogens with zero attached hydrogens (tertiary/aromatic N) is 2. The number of ether oxygens (including phenoxy) is 1. The topological polar surface area (TPSA) is 61.9 Å². The minimum absolute atomic E-state index is 0.0247. The molecule has 2 amide bonds. The van der Waals surface area contributed by atoms with E-state index in [-0.39, 0.29) is 11.8 Å². The Labute approximate surface area is 147 Å². The number of likely N-dealkylation sites (N-methyl/N-ethyl adjacent to an activating group) is 1. The van der Waals surface area contributed by atoms with Crippen LogP contribution in [0.4, 0.5) is 0 Å². The fraction of sp³-hybridized carbons (Fsp3) is 0.529. The monoisotopic (exact) mass is 353 g/mol. The molecule has 0 saturated carbocycles. The molecule has 1 unspecified atom stereocenters. The molecule has 0 bridgehead atoms. The molecule has 1 heterocycles. The Bertz CT molecular complexity index is 557. The van der Waals surface area contributed by atoms with Gasteiger partial charge in [0, 0.05) is 37.7 Å². The second-order valence-corrected chi connectivity index (χ2v) is 6.21. The third kappa shape index (κ3) is 5.39. The third-order valence-electron chi connectivity index (χ3n) is 3.90. The maximum atomic E-state index is 12.5. The Morgan fingerprint density at radius 3 is 2.42 bits per heavy atom. The average molecular weight is 354 g/mol. The van der Waals surface area contributed by atoms with Crippen LogP contribution in [-0.2, 0) is 9.59 Å². The number of piperazine rings is 1. The molecular weight excluding hydrogens is 330 g/mol. The molecule has 1 aliphatic heterocycles. The van der Waals surface area contributed by atoms with Crippen LogP contribution in [-0.4, -0.2) is 67.0 Å². The number of benzene rings is 1. The number of nitrogens with one attached hydrogen (secondary N) is 1. The van der Waals surface area contributed by atoms with Crippen molar-refractivity contribution in [2.45, 2.75) is 20.0 Å². The quantitative estimate of drug-likeness (QED) is 0.839. The molecule has 0 aromatic heterocycles. The van der Waals surface area contributed by atoms with E-state index in [4.69, 9.17) is 16.3 Å². The first-order valence-electron chi connectivity index (χ1n) is 8.19. The number of amides is 2.